The first-order chi connectivity index (χ1) is 9.79. The largest absolute Gasteiger partial charge is 0.307 e. The van der Waals surface area contributed by atoms with E-state index >= 15 is 0 Å². The first kappa shape index (κ1) is 12.8. The van der Waals surface area contributed by atoms with Gasteiger partial charge < -0.3 is 10.2 Å². The maximum Gasteiger partial charge on any atom is 0.0935 e. The van der Waals surface area contributed by atoms with E-state index in [-0.39, 0.29) is 0 Å². The number of nitrogens with zero attached hydrogens (tertiary/aromatic N) is 2. The summed E-state index contributed by atoms with van der Waals surface area (Å²) in [4.78, 5) is 2.58. The number of H-pyrrole nitrogens is 1. The molecule has 3 fully saturated rings. The Morgan fingerprint density at radius 2 is 2.20 bits per heavy atom. The van der Waals surface area contributed by atoms with Gasteiger partial charge in [0, 0.05) is 29.0 Å². The fourth-order valence-electron chi connectivity index (χ4n) is 3.60. The molecule has 3 aliphatic rings. The first-order valence-corrected chi connectivity index (χ1v) is 8.17. The highest BCUT2D eigenvalue weighted by Gasteiger charge is 2.33. The lowest BCUT2D eigenvalue weighted by Crippen LogP contribution is -2.55. The molecule has 2 bridgehead atoms. The van der Waals surface area contributed by atoms with Crippen LogP contribution in [0.4, 0.5) is 0 Å². The molecule has 3 aliphatic heterocycles. The van der Waals surface area contributed by atoms with E-state index < -0.39 is 0 Å². The van der Waals surface area contributed by atoms with Crippen LogP contribution in [0.25, 0.3) is 10.9 Å². The Labute approximate surface area is 127 Å². The van der Waals surface area contributed by atoms with E-state index in [0.717, 1.165) is 22.5 Å². The van der Waals surface area contributed by atoms with Gasteiger partial charge in [0.2, 0.25) is 0 Å². The number of rotatable bonds is 3. The van der Waals surface area contributed by atoms with Crippen LogP contribution in [0.15, 0.2) is 22.7 Å². The maximum atomic E-state index is 4.39. The Hall–Kier alpha value is -0.910. The van der Waals surface area contributed by atoms with Crippen LogP contribution in [0.1, 0.15) is 18.5 Å². The minimum absolute atomic E-state index is 0.645. The number of hydrogen-bond donors (Lipinski definition) is 2. The number of halogens is 1. The van der Waals surface area contributed by atoms with Crippen LogP contribution in [0.3, 0.4) is 0 Å². The lowest BCUT2D eigenvalue weighted by molar-refractivity contribution is 0.0719. The molecule has 4 nitrogen and oxygen atoms in total. The molecule has 106 valence electrons. The topological polar surface area (TPSA) is 44.0 Å². The predicted molar refractivity (Wildman–Crippen MR) is 83.6 cm³/mol. The van der Waals surface area contributed by atoms with E-state index in [1.54, 1.807) is 0 Å². The predicted octanol–water partition coefficient (Wildman–Crippen LogP) is 2.51. The first-order valence-electron chi connectivity index (χ1n) is 7.38. The lowest BCUT2D eigenvalue weighted by atomic mass is 9.84. The van der Waals surface area contributed by atoms with Gasteiger partial charge in [0.1, 0.15) is 0 Å². The molecule has 4 heterocycles. The van der Waals surface area contributed by atoms with Crippen molar-refractivity contribution in [2.24, 2.45) is 5.92 Å². The number of fused-ring (bicyclic) bond motifs is 4. The van der Waals surface area contributed by atoms with Gasteiger partial charge in [-0.05, 0) is 50.0 Å². The number of benzene rings is 1. The molecule has 0 spiro atoms. The second-order valence-corrected chi connectivity index (χ2v) is 6.90. The van der Waals surface area contributed by atoms with Gasteiger partial charge in [-0.2, -0.15) is 5.10 Å². The molecule has 0 aliphatic carbocycles. The average Bonchev–Trinajstić information content (AvgIpc) is 2.88. The standard InChI is InChI=1S/C15H19BrN4/c16-11-1-2-12-13(7-11)18-19-14(12)8-17-15-9-20-5-3-10(15)4-6-20/h1-2,7,10,15,17H,3-6,8-9H2,(H,18,19)/t15-/m0/s1. The SMILES string of the molecule is Brc1ccc2c(CN[C@H]3CN4CCC3CC4)[nH]nc2c1. The van der Waals surface area contributed by atoms with Gasteiger partial charge in [0.05, 0.1) is 11.2 Å². The number of aromatic nitrogens is 2. The van der Waals surface area contributed by atoms with Crippen molar-refractivity contribution in [2.45, 2.75) is 25.4 Å². The smallest absolute Gasteiger partial charge is 0.0935 e. The summed E-state index contributed by atoms with van der Waals surface area (Å²) in [6, 6.07) is 6.92. The Morgan fingerprint density at radius 3 is 2.95 bits per heavy atom. The van der Waals surface area contributed by atoms with Crippen molar-refractivity contribution in [3.8, 4) is 0 Å². The molecule has 2 N–H and O–H groups in total. The number of nitrogens with one attached hydrogen (secondary N) is 2. The summed E-state index contributed by atoms with van der Waals surface area (Å²) in [5, 5.41) is 12.5. The number of piperidine rings is 3. The Morgan fingerprint density at radius 1 is 1.35 bits per heavy atom. The van der Waals surface area contributed by atoms with Gasteiger partial charge in [0.25, 0.3) is 0 Å². The van der Waals surface area contributed by atoms with E-state index in [1.165, 1.54) is 43.6 Å². The fraction of sp³-hybridized carbons (Fsp3) is 0.533. The molecular formula is C15H19BrN4. The number of aromatic amines is 1. The Bertz CT molecular complexity index is 615. The minimum atomic E-state index is 0.645. The van der Waals surface area contributed by atoms with Crippen LogP contribution in [0, 0.1) is 5.92 Å². The normalized spacial score (nSPS) is 29.1. The van der Waals surface area contributed by atoms with Crippen LogP contribution in [0.2, 0.25) is 0 Å². The van der Waals surface area contributed by atoms with E-state index in [9.17, 15) is 0 Å². The fourth-order valence-corrected chi connectivity index (χ4v) is 3.95. The average molecular weight is 335 g/mol. The van der Waals surface area contributed by atoms with Crippen molar-refractivity contribution >= 4 is 26.8 Å². The zero-order valence-corrected chi connectivity index (χ0v) is 13.0. The van der Waals surface area contributed by atoms with Gasteiger partial charge in [-0.3, -0.25) is 5.10 Å². The van der Waals surface area contributed by atoms with Crippen molar-refractivity contribution in [1.82, 2.24) is 20.4 Å². The van der Waals surface area contributed by atoms with E-state index in [2.05, 4.69) is 54.5 Å². The van der Waals surface area contributed by atoms with Crippen LogP contribution in [-0.2, 0) is 6.54 Å². The maximum absolute atomic E-state index is 4.39. The summed E-state index contributed by atoms with van der Waals surface area (Å²) < 4.78 is 1.08. The van der Waals surface area contributed by atoms with Crippen LogP contribution >= 0.6 is 15.9 Å². The second kappa shape index (κ2) is 5.13. The zero-order valence-electron chi connectivity index (χ0n) is 11.4. The summed E-state index contributed by atoms with van der Waals surface area (Å²) in [7, 11) is 0. The molecule has 20 heavy (non-hydrogen) atoms. The van der Waals surface area contributed by atoms with Gasteiger partial charge in [0.15, 0.2) is 0 Å². The van der Waals surface area contributed by atoms with Gasteiger partial charge in [-0.1, -0.05) is 15.9 Å². The molecule has 1 atom stereocenters. The Balaban J connectivity index is 1.48. The highest BCUT2D eigenvalue weighted by Crippen LogP contribution is 2.28. The monoisotopic (exact) mass is 334 g/mol. The summed E-state index contributed by atoms with van der Waals surface area (Å²) in [5.41, 5.74) is 2.23. The molecule has 5 heteroatoms. The molecule has 1 aromatic carbocycles. The number of hydrogen-bond acceptors (Lipinski definition) is 3. The van der Waals surface area contributed by atoms with E-state index in [1.807, 2.05) is 0 Å². The van der Waals surface area contributed by atoms with Gasteiger partial charge in [-0.25, -0.2) is 0 Å². The van der Waals surface area contributed by atoms with Crippen LogP contribution < -0.4 is 5.32 Å². The quantitative estimate of drug-likeness (QED) is 0.906. The third-order valence-corrected chi connectivity index (χ3v) is 5.29. The summed E-state index contributed by atoms with van der Waals surface area (Å²) >= 11 is 3.49. The lowest BCUT2D eigenvalue weighted by Gasteiger charge is -2.45. The molecule has 0 unspecified atom stereocenters. The van der Waals surface area contributed by atoms with E-state index in [0.29, 0.717) is 6.04 Å². The van der Waals surface area contributed by atoms with Crippen molar-refractivity contribution < 1.29 is 0 Å². The van der Waals surface area contributed by atoms with Gasteiger partial charge >= 0.3 is 0 Å². The van der Waals surface area contributed by atoms with Crippen LogP contribution in [-0.4, -0.2) is 40.8 Å². The molecule has 0 amide bonds. The zero-order chi connectivity index (χ0) is 13.5. The van der Waals surface area contributed by atoms with Crippen molar-refractivity contribution in [3.63, 3.8) is 0 Å². The molecule has 2 aromatic rings. The molecule has 0 radical (unpaired) electrons. The molecular weight excluding hydrogens is 316 g/mol. The highest BCUT2D eigenvalue weighted by molar-refractivity contribution is 9.10. The third-order valence-electron chi connectivity index (χ3n) is 4.79. The molecule has 0 saturated carbocycles. The Kier molecular flexibility index (Phi) is 3.28. The molecule has 3 saturated heterocycles. The van der Waals surface area contributed by atoms with Crippen LogP contribution in [0.5, 0.6) is 0 Å². The highest BCUT2D eigenvalue weighted by atomic mass is 79.9. The second-order valence-electron chi connectivity index (χ2n) is 5.99. The van der Waals surface area contributed by atoms with Gasteiger partial charge in [-0.15, -0.1) is 0 Å². The van der Waals surface area contributed by atoms with E-state index in [4.69, 9.17) is 0 Å². The van der Waals surface area contributed by atoms with Crippen molar-refractivity contribution in [1.29, 1.82) is 0 Å². The summed E-state index contributed by atoms with van der Waals surface area (Å²) in [6.07, 6.45) is 2.71. The molecule has 1 aromatic heterocycles. The third kappa shape index (κ3) is 2.28. The molecule has 5 rings (SSSR count). The minimum Gasteiger partial charge on any atom is -0.307 e. The summed E-state index contributed by atoms with van der Waals surface area (Å²) in [5.74, 6) is 0.864. The summed E-state index contributed by atoms with van der Waals surface area (Å²) in [6.45, 7) is 4.68. The van der Waals surface area contributed by atoms with Crippen molar-refractivity contribution in [3.05, 3.63) is 28.4 Å². The van der Waals surface area contributed by atoms with Crippen molar-refractivity contribution in [2.75, 3.05) is 19.6 Å².